The van der Waals surface area contributed by atoms with Crippen LogP contribution in [0.2, 0.25) is 0 Å². The summed E-state index contributed by atoms with van der Waals surface area (Å²) in [7, 11) is 0. The van der Waals surface area contributed by atoms with E-state index in [1.807, 2.05) is 26.8 Å². The molecule has 1 aromatic carbocycles. The number of hydrogen-bond acceptors (Lipinski definition) is 2. The summed E-state index contributed by atoms with van der Waals surface area (Å²) >= 11 is 1.62. The number of nitrogens with zero attached hydrogens (tertiary/aromatic N) is 1. The highest BCUT2D eigenvalue weighted by molar-refractivity contribution is 8.14. The third kappa shape index (κ3) is 4.91. The Bertz CT molecular complexity index is 616. The van der Waals surface area contributed by atoms with Crippen LogP contribution < -0.4 is 0 Å². The smallest absolute Gasteiger partial charge is 0.123 e. The van der Waals surface area contributed by atoms with Gasteiger partial charge in [0.2, 0.25) is 0 Å². The first-order chi connectivity index (χ1) is 10.0. The van der Waals surface area contributed by atoms with E-state index in [2.05, 4.69) is 12.8 Å². The predicted molar refractivity (Wildman–Crippen MR) is 92.0 cm³/mol. The van der Waals surface area contributed by atoms with Crippen LogP contribution >= 0.6 is 11.8 Å². The van der Waals surface area contributed by atoms with Crippen molar-refractivity contribution < 1.29 is 4.39 Å². The molecule has 0 aliphatic heterocycles. The first-order valence-electron chi connectivity index (χ1n) is 6.81. The van der Waals surface area contributed by atoms with Gasteiger partial charge >= 0.3 is 0 Å². The third-order valence-corrected chi connectivity index (χ3v) is 3.85. The van der Waals surface area contributed by atoms with Crippen molar-refractivity contribution in [3.63, 3.8) is 0 Å². The molecular weight excluding hydrogens is 281 g/mol. The molecule has 0 bridgehead atoms. The molecule has 0 aromatic heterocycles. The molecule has 0 aliphatic rings. The van der Waals surface area contributed by atoms with E-state index in [9.17, 15) is 4.39 Å². The topological polar surface area (TPSA) is 12.4 Å². The molecule has 0 heterocycles. The second kappa shape index (κ2) is 8.49. The highest BCUT2D eigenvalue weighted by Gasteiger charge is 2.08. The van der Waals surface area contributed by atoms with Crippen LogP contribution in [0.1, 0.15) is 33.3 Å². The summed E-state index contributed by atoms with van der Waals surface area (Å²) in [4.78, 5) is 4.73. The van der Waals surface area contributed by atoms with Crippen LogP contribution in [-0.2, 0) is 0 Å². The second-order valence-corrected chi connectivity index (χ2v) is 5.70. The summed E-state index contributed by atoms with van der Waals surface area (Å²) in [5, 5.41) is 0.850. The lowest BCUT2D eigenvalue weighted by Crippen LogP contribution is -1.99. The van der Waals surface area contributed by atoms with Gasteiger partial charge in [-0.15, -0.1) is 18.2 Å². The third-order valence-electron chi connectivity index (χ3n) is 2.96. The number of allylic oxidation sites excluding steroid dienone is 3. The van der Waals surface area contributed by atoms with Crippen molar-refractivity contribution >= 4 is 16.8 Å². The maximum absolute atomic E-state index is 13.1. The van der Waals surface area contributed by atoms with Gasteiger partial charge in [-0.3, -0.25) is 0 Å². The zero-order valence-corrected chi connectivity index (χ0v) is 13.7. The predicted octanol–water partition coefficient (Wildman–Crippen LogP) is 5.20. The van der Waals surface area contributed by atoms with Gasteiger partial charge in [0, 0.05) is 11.1 Å². The number of rotatable bonds is 4. The van der Waals surface area contributed by atoms with Crippen LogP contribution in [-0.4, -0.2) is 10.8 Å². The molecule has 0 amide bonds. The summed E-state index contributed by atoms with van der Waals surface area (Å²) in [5.74, 6) is 3.28. The molecule has 0 unspecified atom stereocenters. The Labute approximate surface area is 131 Å². The molecule has 0 radical (unpaired) electrons. The van der Waals surface area contributed by atoms with Crippen molar-refractivity contribution in [3.05, 3.63) is 58.6 Å². The van der Waals surface area contributed by atoms with Crippen LogP contribution in [0.3, 0.4) is 0 Å². The number of hydrogen-bond donors (Lipinski definition) is 0. The maximum atomic E-state index is 13.1. The largest absolute Gasteiger partial charge is 0.240 e. The Morgan fingerprint density at radius 2 is 1.95 bits per heavy atom. The molecule has 0 aliphatic carbocycles. The van der Waals surface area contributed by atoms with E-state index < -0.39 is 0 Å². The maximum Gasteiger partial charge on any atom is 0.123 e. The summed E-state index contributed by atoms with van der Waals surface area (Å²) in [6.07, 6.45) is 7.50. The van der Waals surface area contributed by atoms with Crippen LogP contribution in [0, 0.1) is 18.2 Å². The van der Waals surface area contributed by atoms with Crippen molar-refractivity contribution in [2.45, 2.75) is 27.7 Å². The average molecular weight is 301 g/mol. The SMILES string of the molecule is C#C/C(C)=C(N=C(SCC)c1ccc(F)cc1)\C(C)=C/C. The van der Waals surface area contributed by atoms with E-state index in [0.29, 0.717) is 0 Å². The fourth-order valence-electron chi connectivity index (χ4n) is 1.68. The lowest BCUT2D eigenvalue weighted by molar-refractivity contribution is 0.628. The van der Waals surface area contributed by atoms with Crippen LogP contribution in [0.5, 0.6) is 0 Å². The molecule has 0 saturated carbocycles. The Balaban J connectivity index is 3.38. The molecular formula is C18H20FNS. The quantitative estimate of drug-likeness (QED) is 0.322. The molecule has 0 atom stereocenters. The van der Waals surface area contributed by atoms with Crippen LogP contribution in [0.15, 0.2) is 52.2 Å². The first-order valence-corrected chi connectivity index (χ1v) is 7.80. The monoisotopic (exact) mass is 301 g/mol. The van der Waals surface area contributed by atoms with Gasteiger partial charge in [-0.05, 0) is 56.4 Å². The van der Waals surface area contributed by atoms with E-state index >= 15 is 0 Å². The molecule has 1 nitrogen and oxygen atoms in total. The van der Waals surface area contributed by atoms with Gasteiger partial charge in [-0.1, -0.05) is 18.9 Å². The van der Waals surface area contributed by atoms with E-state index in [1.54, 1.807) is 23.9 Å². The van der Waals surface area contributed by atoms with Crippen LogP contribution in [0.25, 0.3) is 0 Å². The first kappa shape index (κ1) is 17.3. The minimum absolute atomic E-state index is 0.250. The molecule has 110 valence electrons. The molecule has 0 spiro atoms. The number of terminal acetylenes is 1. The average Bonchev–Trinajstić information content (AvgIpc) is 2.50. The van der Waals surface area contributed by atoms with Gasteiger partial charge in [0.15, 0.2) is 0 Å². The Morgan fingerprint density at radius 1 is 1.33 bits per heavy atom. The summed E-state index contributed by atoms with van der Waals surface area (Å²) in [6, 6.07) is 6.37. The minimum atomic E-state index is -0.250. The number of aliphatic imine (C=N–C) groups is 1. The Morgan fingerprint density at radius 3 is 2.43 bits per heavy atom. The molecule has 1 rings (SSSR count). The molecule has 21 heavy (non-hydrogen) atoms. The molecule has 3 heteroatoms. The van der Waals surface area contributed by atoms with Crippen molar-refractivity contribution in [1.29, 1.82) is 0 Å². The molecule has 0 N–H and O–H groups in total. The minimum Gasteiger partial charge on any atom is -0.240 e. The van der Waals surface area contributed by atoms with Crippen LogP contribution in [0.4, 0.5) is 4.39 Å². The van der Waals surface area contributed by atoms with Crippen molar-refractivity contribution in [1.82, 2.24) is 0 Å². The Kier molecular flexibility index (Phi) is 6.98. The lowest BCUT2D eigenvalue weighted by Gasteiger charge is -2.09. The highest BCUT2D eigenvalue weighted by atomic mass is 32.2. The summed E-state index contributed by atoms with van der Waals surface area (Å²) < 4.78 is 13.1. The van der Waals surface area contributed by atoms with E-state index in [0.717, 1.165) is 33.2 Å². The number of thioether (sulfide) groups is 1. The zero-order chi connectivity index (χ0) is 15.8. The van der Waals surface area contributed by atoms with Gasteiger partial charge in [-0.2, -0.15) is 0 Å². The van der Waals surface area contributed by atoms with E-state index in [1.165, 1.54) is 12.1 Å². The van der Waals surface area contributed by atoms with Gasteiger partial charge in [-0.25, -0.2) is 9.38 Å². The molecule has 0 saturated heterocycles. The van der Waals surface area contributed by atoms with E-state index in [-0.39, 0.29) is 5.82 Å². The zero-order valence-electron chi connectivity index (χ0n) is 12.9. The molecule has 0 fully saturated rings. The number of benzene rings is 1. The van der Waals surface area contributed by atoms with Crippen molar-refractivity contribution in [2.75, 3.05) is 5.75 Å². The summed E-state index contributed by atoms with van der Waals surface area (Å²) in [5.41, 5.74) is 3.53. The van der Waals surface area contributed by atoms with Gasteiger partial charge in [0.05, 0.1) is 5.70 Å². The van der Waals surface area contributed by atoms with E-state index in [4.69, 9.17) is 11.4 Å². The van der Waals surface area contributed by atoms with Crippen molar-refractivity contribution in [3.8, 4) is 12.3 Å². The fourth-order valence-corrected chi connectivity index (χ4v) is 2.42. The van der Waals surface area contributed by atoms with Gasteiger partial charge < -0.3 is 0 Å². The van der Waals surface area contributed by atoms with Crippen molar-refractivity contribution in [2.24, 2.45) is 4.99 Å². The fraction of sp³-hybridized carbons (Fsp3) is 0.278. The lowest BCUT2D eigenvalue weighted by atomic mass is 10.1. The Hall–Kier alpha value is -1.79. The standard InChI is InChI=1S/C18H20FNS/c1-6-13(4)17(14(5)7-2)20-18(21-8-3)15-9-11-16(19)12-10-15/h1,7,9-12H,8H2,2-5H3/b14-7-,17-13+,20-18?. The second-order valence-electron chi connectivity index (χ2n) is 4.45. The highest BCUT2D eigenvalue weighted by Crippen LogP contribution is 2.22. The van der Waals surface area contributed by atoms with Gasteiger partial charge in [0.25, 0.3) is 0 Å². The summed E-state index contributed by atoms with van der Waals surface area (Å²) in [6.45, 7) is 7.88. The normalized spacial score (nSPS) is 13.7. The van der Waals surface area contributed by atoms with Gasteiger partial charge in [0.1, 0.15) is 10.9 Å². The molecule has 1 aromatic rings. The number of halogens is 1.